The average molecular weight is 908 g/mol. The average Bonchev–Trinajstić information content (AvgIpc) is 3.82. The first-order valence-corrected chi connectivity index (χ1v) is 23.0. The van der Waals surface area contributed by atoms with E-state index in [2.05, 4.69) is 46.9 Å². The number of hydrogen-bond donors (Lipinski definition) is 4. The van der Waals surface area contributed by atoms with Crippen LogP contribution < -0.4 is 25.8 Å². The number of rotatable bonds is 11. The molecule has 3 amide bonds. The third-order valence-corrected chi connectivity index (χ3v) is 13.9. The lowest BCUT2D eigenvalue weighted by atomic mass is 9.95. The number of benzene rings is 4. The Balaban J connectivity index is 0.755. The van der Waals surface area contributed by atoms with Crippen molar-refractivity contribution in [2.24, 2.45) is 5.92 Å². The molecule has 5 aliphatic heterocycles. The number of carbonyl (C=O) groups is 3. The smallest absolute Gasteiger partial charge is 0.262 e. The van der Waals surface area contributed by atoms with Gasteiger partial charge in [0.2, 0.25) is 0 Å². The van der Waals surface area contributed by atoms with Crippen LogP contribution in [0.5, 0.6) is 0 Å². The third kappa shape index (κ3) is 9.20. The van der Waals surface area contributed by atoms with Gasteiger partial charge in [0.05, 0.1) is 28.2 Å². The predicted molar refractivity (Wildman–Crippen MR) is 244 cm³/mol. The van der Waals surface area contributed by atoms with Crippen molar-refractivity contribution in [1.29, 1.82) is 0 Å². The summed E-state index contributed by atoms with van der Waals surface area (Å²) in [5.41, 5.74) is 5.69. The predicted octanol–water partition coefficient (Wildman–Crippen LogP) is 7.25. The number of carbonyl (C=O) groups excluding carboxylic acids is 3. The van der Waals surface area contributed by atoms with E-state index < -0.39 is 42.1 Å². The van der Waals surface area contributed by atoms with Gasteiger partial charge in [-0.3, -0.25) is 34.6 Å². The van der Waals surface area contributed by atoms with E-state index in [0.29, 0.717) is 53.4 Å². The first-order valence-electron chi connectivity index (χ1n) is 23.0. The van der Waals surface area contributed by atoms with Crippen LogP contribution in [0.25, 0.3) is 10.9 Å². The molecule has 6 heterocycles. The second-order valence-electron chi connectivity index (χ2n) is 18.2. The topological polar surface area (TPSA) is 138 Å². The van der Waals surface area contributed by atoms with Crippen LogP contribution in [0.3, 0.4) is 0 Å². The van der Waals surface area contributed by atoms with Gasteiger partial charge in [-0.05, 0) is 123 Å². The van der Waals surface area contributed by atoms with Crippen LogP contribution >= 0.6 is 0 Å². The molecule has 5 aromatic rings. The molecule has 1 aromatic heterocycles. The summed E-state index contributed by atoms with van der Waals surface area (Å²) in [5.74, 6) is -1.77. The highest BCUT2D eigenvalue weighted by Gasteiger charge is 2.45. The molecule has 0 spiro atoms. The SMILES string of the molecule is O=C(Nc1n[nH]c2ccc(Cc3cc(F)cc(F)c3)cc12)c1ccc(N2CCN(CC3CCN(c4ccc5c(c4)C(=O)N(C4CCC(F)NC4F)C5=O)CC3)CC2)cc1NC1CCOCC1. The van der Waals surface area contributed by atoms with Gasteiger partial charge in [-0.2, -0.15) is 5.10 Å². The molecule has 5 aliphatic rings. The highest BCUT2D eigenvalue weighted by atomic mass is 19.2. The molecule has 346 valence electrons. The van der Waals surface area contributed by atoms with Crippen molar-refractivity contribution >= 4 is 51.5 Å². The number of aromatic amines is 1. The van der Waals surface area contributed by atoms with Crippen molar-refractivity contribution in [3.63, 3.8) is 0 Å². The molecule has 4 aromatic carbocycles. The number of piperazine rings is 1. The van der Waals surface area contributed by atoms with Crippen molar-refractivity contribution < 1.29 is 36.7 Å². The Morgan fingerprint density at radius 3 is 2.21 bits per heavy atom. The summed E-state index contributed by atoms with van der Waals surface area (Å²) in [6.07, 6.45) is 0.707. The lowest BCUT2D eigenvalue weighted by Crippen LogP contribution is -2.55. The highest BCUT2D eigenvalue weighted by molar-refractivity contribution is 6.22. The van der Waals surface area contributed by atoms with Crippen LogP contribution in [0.15, 0.2) is 72.8 Å². The maximum Gasteiger partial charge on any atom is 0.262 e. The number of anilines is 4. The minimum absolute atomic E-state index is 0.0329. The van der Waals surface area contributed by atoms with Gasteiger partial charge in [0, 0.05) is 93.6 Å². The third-order valence-electron chi connectivity index (χ3n) is 13.9. The Morgan fingerprint density at radius 1 is 0.742 bits per heavy atom. The van der Waals surface area contributed by atoms with E-state index in [9.17, 15) is 31.9 Å². The summed E-state index contributed by atoms with van der Waals surface area (Å²) in [6, 6.07) is 19.4. The summed E-state index contributed by atoms with van der Waals surface area (Å²) >= 11 is 0. The van der Waals surface area contributed by atoms with Crippen LogP contribution in [0.1, 0.15) is 80.7 Å². The van der Waals surface area contributed by atoms with E-state index in [1.165, 1.54) is 12.1 Å². The number of halogens is 4. The minimum Gasteiger partial charge on any atom is -0.381 e. The fraction of sp³-hybridized carbons (Fsp3) is 0.429. The number of amides is 3. The van der Waals surface area contributed by atoms with Gasteiger partial charge in [-0.15, -0.1) is 0 Å². The van der Waals surface area contributed by atoms with Crippen LogP contribution in [-0.2, 0) is 11.2 Å². The second kappa shape index (κ2) is 18.7. The van der Waals surface area contributed by atoms with Crippen molar-refractivity contribution in [2.45, 2.75) is 69.6 Å². The minimum atomic E-state index is -1.81. The largest absolute Gasteiger partial charge is 0.381 e. The first kappa shape index (κ1) is 43.8. The quantitative estimate of drug-likeness (QED) is 0.0610. The molecule has 4 saturated heterocycles. The van der Waals surface area contributed by atoms with Crippen LogP contribution in [0.4, 0.5) is 40.4 Å². The van der Waals surface area contributed by atoms with Crippen molar-refractivity contribution in [3.05, 3.63) is 112 Å². The molecule has 3 atom stereocenters. The number of nitrogens with zero attached hydrogens (tertiary/aromatic N) is 5. The van der Waals surface area contributed by atoms with Crippen LogP contribution in [0.2, 0.25) is 0 Å². The number of fused-ring (bicyclic) bond motifs is 2. The molecule has 0 bridgehead atoms. The summed E-state index contributed by atoms with van der Waals surface area (Å²) in [5, 5.41) is 16.9. The normalized spacial score (nSPS) is 22.3. The number of alkyl halides is 2. The molecular weight excluding hydrogens is 855 g/mol. The van der Waals surface area contributed by atoms with Gasteiger partial charge >= 0.3 is 0 Å². The number of imide groups is 1. The lowest BCUT2D eigenvalue weighted by Gasteiger charge is -2.40. The van der Waals surface area contributed by atoms with E-state index in [0.717, 1.165) is 105 Å². The summed E-state index contributed by atoms with van der Waals surface area (Å²) in [7, 11) is 0. The second-order valence-corrected chi connectivity index (χ2v) is 18.2. The number of piperidine rings is 2. The molecule has 10 rings (SSSR count). The van der Waals surface area contributed by atoms with Gasteiger partial charge in [-0.1, -0.05) is 6.07 Å². The van der Waals surface area contributed by atoms with Gasteiger partial charge in [-0.25, -0.2) is 17.6 Å². The Bertz CT molecular complexity index is 2600. The number of ether oxygens (including phenoxy) is 1. The van der Waals surface area contributed by atoms with Gasteiger partial charge < -0.3 is 25.2 Å². The molecule has 13 nitrogen and oxygen atoms in total. The Labute approximate surface area is 379 Å². The zero-order valence-electron chi connectivity index (χ0n) is 36.5. The Kier molecular flexibility index (Phi) is 12.4. The standard InChI is InChI=1S/C49H53F4N9O4/c50-32-22-31(23-33(51)25-32)21-30-1-6-41-40(24-30)46(58-57-41)56-47(63)38-5-3-36(27-42(38)54-34-11-19-66-20-12-34)61-17-15-59(16-18-61)28-29-9-13-60(14-10-29)35-2-4-37-39(26-35)49(65)62(48(37)64)43-7-8-44(52)55-45(43)53/h1-6,22-27,29,34,43-45,54-55H,7-21,28H2,(H2,56,57,58,63). The van der Waals surface area contributed by atoms with Gasteiger partial charge in [0.1, 0.15) is 11.6 Å². The van der Waals surface area contributed by atoms with Crippen molar-refractivity contribution in [1.82, 2.24) is 25.3 Å². The maximum atomic E-state index is 14.7. The first-order chi connectivity index (χ1) is 32.0. The lowest BCUT2D eigenvalue weighted by molar-refractivity contribution is 0.0188. The number of hydrogen-bond acceptors (Lipinski definition) is 10. The molecular formula is C49H53F4N9O4. The maximum absolute atomic E-state index is 14.7. The number of aromatic nitrogens is 2. The molecule has 0 saturated carbocycles. The fourth-order valence-electron chi connectivity index (χ4n) is 10.3. The van der Waals surface area contributed by atoms with Gasteiger partial charge in [0.15, 0.2) is 18.4 Å². The Morgan fingerprint density at radius 2 is 1.45 bits per heavy atom. The fourth-order valence-corrected chi connectivity index (χ4v) is 10.3. The van der Waals surface area contributed by atoms with E-state index in [4.69, 9.17) is 4.74 Å². The zero-order chi connectivity index (χ0) is 45.5. The molecule has 4 fully saturated rings. The Hall–Kier alpha value is -6.04. The monoisotopic (exact) mass is 907 g/mol. The van der Waals surface area contributed by atoms with E-state index in [-0.39, 0.29) is 35.9 Å². The molecule has 0 aliphatic carbocycles. The van der Waals surface area contributed by atoms with Crippen LogP contribution in [0, 0.1) is 17.6 Å². The molecule has 3 unspecified atom stereocenters. The summed E-state index contributed by atoms with van der Waals surface area (Å²) in [4.78, 5) is 48.7. The van der Waals surface area contributed by atoms with E-state index in [1.807, 2.05) is 36.4 Å². The van der Waals surface area contributed by atoms with Gasteiger partial charge in [0.25, 0.3) is 17.7 Å². The zero-order valence-corrected chi connectivity index (χ0v) is 36.5. The summed E-state index contributed by atoms with van der Waals surface area (Å²) in [6.45, 7) is 7.35. The molecule has 0 radical (unpaired) electrons. The highest BCUT2D eigenvalue weighted by Crippen LogP contribution is 2.35. The van der Waals surface area contributed by atoms with Crippen molar-refractivity contribution in [2.75, 3.05) is 79.5 Å². The number of H-pyrrole nitrogens is 1. The molecule has 66 heavy (non-hydrogen) atoms. The van der Waals surface area contributed by atoms with Crippen molar-refractivity contribution in [3.8, 4) is 0 Å². The molecule has 17 heteroatoms. The summed E-state index contributed by atoms with van der Waals surface area (Å²) < 4.78 is 61.8. The van der Waals surface area contributed by atoms with E-state index >= 15 is 0 Å². The molecule has 4 N–H and O–H groups in total. The van der Waals surface area contributed by atoms with E-state index in [1.54, 1.807) is 12.1 Å². The van der Waals surface area contributed by atoms with Crippen LogP contribution in [-0.4, -0.2) is 121 Å². The number of nitrogens with one attached hydrogen (secondary N) is 4.